The summed E-state index contributed by atoms with van der Waals surface area (Å²) in [7, 11) is 0. The number of carboxylic acids is 1. The van der Waals surface area contributed by atoms with Gasteiger partial charge in [-0.05, 0) is 24.6 Å². The van der Waals surface area contributed by atoms with Crippen LogP contribution in [0.1, 0.15) is 23.0 Å². The van der Waals surface area contributed by atoms with Crippen molar-refractivity contribution in [3.05, 3.63) is 65.4 Å². The molecular weight excluding hydrogens is 371 g/mol. The summed E-state index contributed by atoms with van der Waals surface area (Å²) in [5.74, 6) is -2.84. The molecule has 0 aliphatic heterocycles. The first kappa shape index (κ1) is 21.7. The predicted molar refractivity (Wildman–Crippen MR) is 100.0 cm³/mol. The molecule has 3 N–H and O–H groups in total. The molecular formula is C20H19N2NaO5. The fraction of sp³-hybridized carbons (Fsp3) is 0.150. The number of primary amides is 1. The number of nitrogens with zero attached hydrogens (tertiary/aromatic N) is 1. The van der Waals surface area contributed by atoms with Crippen molar-refractivity contribution in [1.29, 1.82) is 0 Å². The molecule has 3 aromatic rings. The summed E-state index contributed by atoms with van der Waals surface area (Å²) in [5, 5.41) is 9.28. The van der Waals surface area contributed by atoms with E-state index in [1.807, 2.05) is 34.9 Å². The average molecular weight is 390 g/mol. The van der Waals surface area contributed by atoms with Gasteiger partial charge in [0.1, 0.15) is 5.75 Å². The van der Waals surface area contributed by atoms with Gasteiger partial charge in [-0.15, -0.1) is 0 Å². The minimum atomic E-state index is -1.14. The van der Waals surface area contributed by atoms with Crippen molar-refractivity contribution in [3.8, 4) is 5.75 Å². The number of ether oxygens (including phenoxy) is 1. The van der Waals surface area contributed by atoms with E-state index in [0.29, 0.717) is 23.1 Å². The summed E-state index contributed by atoms with van der Waals surface area (Å²) in [6.45, 7) is 1.63. The number of amides is 1. The summed E-state index contributed by atoms with van der Waals surface area (Å²) in [5.41, 5.74) is 7.59. The Morgan fingerprint density at radius 1 is 1.11 bits per heavy atom. The van der Waals surface area contributed by atoms with Gasteiger partial charge in [-0.1, -0.05) is 36.4 Å². The van der Waals surface area contributed by atoms with Crippen LogP contribution in [0.25, 0.3) is 10.9 Å². The molecule has 0 saturated carbocycles. The van der Waals surface area contributed by atoms with Gasteiger partial charge in [0.15, 0.2) is 6.61 Å². The molecule has 0 aliphatic carbocycles. The van der Waals surface area contributed by atoms with Gasteiger partial charge in [0.2, 0.25) is 0 Å². The number of carbonyl (C=O) groups is 3. The first-order chi connectivity index (χ1) is 12.9. The number of ketones is 1. The molecule has 0 fully saturated rings. The molecule has 1 heterocycles. The van der Waals surface area contributed by atoms with Crippen molar-refractivity contribution in [3.63, 3.8) is 0 Å². The standard InChI is InChI=1S/C20H18N2O5.Na.H/c1-12-17(19(25)20(21)26)18-14(8-5-9-15(18)27-11-16(23)24)22(12)10-13-6-3-2-4-7-13;;/h2-9H,10-11H2,1H3,(H2,21,26)(H,23,24);;/q;+1;-1. The zero-order valence-corrected chi connectivity index (χ0v) is 17.6. The van der Waals surface area contributed by atoms with E-state index in [2.05, 4.69) is 0 Å². The fourth-order valence-electron chi connectivity index (χ4n) is 3.12. The van der Waals surface area contributed by atoms with E-state index in [-0.39, 0.29) is 42.3 Å². The van der Waals surface area contributed by atoms with Crippen LogP contribution >= 0.6 is 0 Å². The summed E-state index contributed by atoms with van der Waals surface area (Å²) in [6.07, 6.45) is 0. The van der Waals surface area contributed by atoms with E-state index in [1.54, 1.807) is 25.1 Å². The van der Waals surface area contributed by atoms with Crippen LogP contribution in [-0.4, -0.2) is 33.9 Å². The Hall–Kier alpha value is -2.61. The van der Waals surface area contributed by atoms with Crippen LogP contribution in [0.2, 0.25) is 0 Å². The quantitative estimate of drug-likeness (QED) is 0.313. The number of benzene rings is 2. The van der Waals surface area contributed by atoms with Crippen molar-refractivity contribution in [2.45, 2.75) is 13.5 Å². The molecule has 0 unspecified atom stereocenters. The van der Waals surface area contributed by atoms with E-state index in [9.17, 15) is 14.4 Å². The van der Waals surface area contributed by atoms with Gasteiger partial charge in [0, 0.05) is 12.2 Å². The second kappa shape index (κ2) is 9.05. The van der Waals surface area contributed by atoms with Crippen LogP contribution in [0.3, 0.4) is 0 Å². The average Bonchev–Trinajstić information content (AvgIpc) is 2.92. The first-order valence-electron chi connectivity index (χ1n) is 8.24. The van der Waals surface area contributed by atoms with Gasteiger partial charge < -0.3 is 21.6 Å². The number of aromatic nitrogens is 1. The number of carboxylic acid groups (broad SMARTS) is 1. The molecule has 1 amide bonds. The van der Waals surface area contributed by atoms with Gasteiger partial charge in [-0.3, -0.25) is 9.59 Å². The van der Waals surface area contributed by atoms with Crippen molar-refractivity contribution < 1.29 is 55.2 Å². The van der Waals surface area contributed by atoms with E-state index in [4.69, 9.17) is 15.6 Å². The number of rotatable bonds is 7. The normalized spacial score (nSPS) is 10.3. The number of hydrogen-bond acceptors (Lipinski definition) is 4. The number of nitrogens with two attached hydrogens (primary N) is 1. The molecule has 0 aliphatic rings. The smallest absolute Gasteiger partial charge is 1.00 e. The Kier molecular flexibility index (Phi) is 7.01. The van der Waals surface area contributed by atoms with Crippen molar-refractivity contribution >= 4 is 28.6 Å². The second-order valence-corrected chi connectivity index (χ2v) is 6.06. The largest absolute Gasteiger partial charge is 1.00 e. The summed E-state index contributed by atoms with van der Waals surface area (Å²) < 4.78 is 7.24. The zero-order chi connectivity index (χ0) is 19.6. The molecule has 0 spiro atoms. The Bertz CT molecular complexity index is 1050. The molecule has 8 heteroatoms. The molecule has 2 aromatic carbocycles. The van der Waals surface area contributed by atoms with Gasteiger partial charge in [0.05, 0.1) is 16.5 Å². The number of Topliss-reactive ketones (excluding diaryl/α,β-unsaturated/α-hetero) is 1. The third-order valence-electron chi connectivity index (χ3n) is 4.30. The van der Waals surface area contributed by atoms with Crippen molar-refractivity contribution in [2.24, 2.45) is 5.73 Å². The van der Waals surface area contributed by atoms with Crippen LogP contribution in [0.15, 0.2) is 48.5 Å². The molecule has 28 heavy (non-hydrogen) atoms. The Labute approximate surface area is 184 Å². The maximum absolute atomic E-state index is 12.5. The summed E-state index contributed by atoms with van der Waals surface area (Å²) in [6, 6.07) is 14.7. The van der Waals surface area contributed by atoms with Crippen LogP contribution in [0.5, 0.6) is 5.75 Å². The Morgan fingerprint density at radius 2 is 1.79 bits per heavy atom. The molecule has 0 bridgehead atoms. The third-order valence-corrected chi connectivity index (χ3v) is 4.30. The summed E-state index contributed by atoms with van der Waals surface area (Å²) in [4.78, 5) is 34.9. The monoisotopic (exact) mass is 390 g/mol. The van der Waals surface area contributed by atoms with Gasteiger partial charge in [-0.25, -0.2) is 4.79 Å². The van der Waals surface area contributed by atoms with E-state index in [0.717, 1.165) is 5.56 Å². The predicted octanol–water partition coefficient (Wildman–Crippen LogP) is -0.754. The maximum atomic E-state index is 12.5. The SMILES string of the molecule is Cc1c(C(=O)C(N)=O)c2c(OCC(=O)O)cccc2n1Cc1ccccc1.[H-].[Na+]. The maximum Gasteiger partial charge on any atom is 1.00 e. The molecule has 0 saturated heterocycles. The first-order valence-corrected chi connectivity index (χ1v) is 8.24. The number of carbonyl (C=O) groups excluding carboxylic acids is 2. The Balaban J connectivity index is 0.00000210. The van der Waals surface area contributed by atoms with Gasteiger partial charge >= 0.3 is 35.5 Å². The zero-order valence-electron chi connectivity index (χ0n) is 16.6. The fourth-order valence-corrected chi connectivity index (χ4v) is 3.12. The van der Waals surface area contributed by atoms with E-state index < -0.39 is 24.3 Å². The molecule has 0 atom stereocenters. The van der Waals surface area contributed by atoms with Crippen molar-refractivity contribution in [2.75, 3.05) is 6.61 Å². The van der Waals surface area contributed by atoms with Gasteiger partial charge in [0.25, 0.3) is 11.7 Å². The van der Waals surface area contributed by atoms with Crippen molar-refractivity contribution in [1.82, 2.24) is 4.57 Å². The number of fused-ring (bicyclic) bond motifs is 1. The van der Waals surface area contributed by atoms with Crippen LogP contribution in [-0.2, 0) is 16.1 Å². The number of aliphatic carboxylic acids is 1. The van der Waals surface area contributed by atoms with Crippen LogP contribution in [0.4, 0.5) is 0 Å². The molecule has 7 nitrogen and oxygen atoms in total. The molecule has 1 aromatic heterocycles. The van der Waals surface area contributed by atoms with Crippen LogP contribution < -0.4 is 40.0 Å². The number of hydrogen-bond donors (Lipinski definition) is 2. The minimum Gasteiger partial charge on any atom is -1.00 e. The molecule has 0 radical (unpaired) electrons. The summed E-state index contributed by atoms with van der Waals surface area (Å²) >= 11 is 0. The second-order valence-electron chi connectivity index (χ2n) is 6.06. The molecule has 3 rings (SSSR count). The minimum absolute atomic E-state index is 0. The topological polar surface area (TPSA) is 112 Å². The van der Waals surface area contributed by atoms with Gasteiger partial charge in [-0.2, -0.15) is 0 Å². The molecule has 140 valence electrons. The Morgan fingerprint density at radius 3 is 2.39 bits per heavy atom. The van der Waals surface area contributed by atoms with Crippen LogP contribution in [0, 0.1) is 6.92 Å². The third kappa shape index (κ3) is 4.27. The van der Waals surface area contributed by atoms with E-state index >= 15 is 0 Å². The van der Waals surface area contributed by atoms with E-state index in [1.165, 1.54) is 0 Å².